The molecule has 2 amide bonds. The lowest BCUT2D eigenvalue weighted by Gasteiger charge is -2.24. The maximum Gasteiger partial charge on any atom is 0.410 e. The molecular formula is C21H28N4O3S. The Bertz CT molecular complexity index is 847. The molecule has 1 aromatic carbocycles. The van der Waals surface area contributed by atoms with Gasteiger partial charge in [-0.1, -0.05) is 48.6 Å². The topological polar surface area (TPSA) is 84.4 Å². The van der Waals surface area contributed by atoms with Gasteiger partial charge < -0.3 is 15.0 Å². The molecule has 1 saturated heterocycles. The lowest BCUT2D eigenvalue weighted by atomic mass is 9.97. The van der Waals surface area contributed by atoms with Crippen molar-refractivity contribution in [3.8, 4) is 0 Å². The van der Waals surface area contributed by atoms with Crippen molar-refractivity contribution in [3.05, 3.63) is 40.9 Å². The van der Waals surface area contributed by atoms with Gasteiger partial charge in [0.15, 0.2) is 0 Å². The average molecular weight is 417 g/mol. The quantitative estimate of drug-likeness (QED) is 0.787. The number of aromatic nitrogens is 2. The SMILES string of the molecule is CCC(c1ccccc1)c1nnc(NC(=O)C2CCN(C(=O)OC(C)(C)C)C2)s1. The van der Waals surface area contributed by atoms with E-state index < -0.39 is 5.60 Å². The zero-order valence-corrected chi connectivity index (χ0v) is 18.2. The Morgan fingerprint density at radius 3 is 2.66 bits per heavy atom. The third kappa shape index (κ3) is 5.53. The molecular weight excluding hydrogens is 388 g/mol. The highest BCUT2D eigenvalue weighted by molar-refractivity contribution is 7.15. The third-order valence-electron chi connectivity index (χ3n) is 4.79. The predicted molar refractivity (Wildman–Crippen MR) is 113 cm³/mol. The Labute approximate surface area is 175 Å². The number of hydrogen-bond donors (Lipinski definition) is 1. The molecule has 8 heteroatoms. The molecule has 0 bridgehead atoms. The minimum atomic E-state index is -0.547. The van der Waals surface area contributed by atoms with E-state index in [1.165, 1.54) is 16.9 Å². The van der Waals surface area contributed by atoms with Crippen LogP contribution in [0, 0.1) is 5.92 Å². The summed E-state index contributed by atoms with van der Waals surface area (Å²) in [4.78, 5) is 26.4. The highest BCUT2D eigenvalue weighted by atomic mass is 32.1. The van der Waals surface area contributed by atoms with Crippen LogP contribution in [-0.2, 0) is 9.53 Å². The van der Waals surface area contributed by atoms with Crippen molar-refractivity contribution in [2.75, 3.05) is 18.4 Å². The number of hydrogen-bond acceptors (Lipinski definition) is 6. The van der Waals surface area contributed by atoms with Crippen molar-refractivity contribution in [2.24, 2.45) is 5.92 Å². The van der Waals surface area contributed by atoms with Crippen LogP contribution in [-0.4, -0.2) is 45.8 Å². The zero-order valence-electron chi connectivity index (χ0n) is 17.3. The summed E-state index contributed by atoms with van der Waals surface area (Å²) in [6.07, 6.45) is 1.14. The Morgan fingerprint density at radius 1 is 1.28 bits per heavy atom. The van der Waals surface area contributed by atoms with Crippen LogP contribution in [0.3, 0.4) is 0 Å². The van der Waals surface area contributed by atoms with Gasteiger partial charge in [0, 0.05) is 19.0 Å². The van der Waals surface area contributed by atoms with Crippen LogP contribution >= 0.6 is 11.3 Å². The average Bonchev–Trinajstić information content (AvgIpc) is 3.32. The summed E-state index contributed by atoms with van der Waals surface area (Å²) >= 11 is 1.40. The number of ether oxygens (including phenoxy) is 1. The number of carbonyl (C=O) groups is 2. The van der Waals surface area contributed by atoms with E-state index in [0.717, 1.165) is 11.4 Å². The number of carbonyl (C=O) groups excluding carboxylic acids is 2. The second-order valence-electron chi connectivity index (χ2n) is 8.22. The predicted octanol–water partition coefficient (Wildman–Crippen LogP) is 4.28. The highest BCUT2D eigenvalue weighted by Gasteiger charge is 2.34. The van der Waals surface area contributed by atoms with Crippen LogP contribution in [0.5, 0.6) is 0 Å². The van der Waals surface area contributed by atoms with Gasteiger partial charge in [-0.3, -0.25) is 4.79 Å². The number of nitrogens with zero attached hydrogens (tertiary/aromatic N) is 3. The molecule has 1 N–H and O–H groups in total. The van der Waals surface area contributed by atoms with Crippen molar-refractivity contribution >= 4 is 28.5 Å². The zero-order chi connectivity index (χ0) is 21.0. The van der Waals surface area contributed by atoms with E-state index in [4.69, 9.17) is 4.74 Å². The molecule has 2 atom stereocenters. The van der Waals surface area contributed by atoms with Gasteiger partial charge in [0.05, 0.1) is 5.92 Å². The van der Waals surface area contributed by atoms with E-state index in [0.29, 0.717) is 24.6 Å². The summed E-state index contributed by atoms with van der Waals surface area (Å²) in [5, 5.41) is 12.7. The Kier molecular flexibility index (Phi) is 6.52. The third-order valence-corrected chi connectivity index (χ3v) is 5.74. The molecule has 0 radical (unpaired) electrons. The van der Waals surface area contributed by atoms with E-state index >= 15 is 0 Å². The molecule has 1 aliphatic rings. The monoisotopic (exact) mass is 416 g/mol. The second kappa shape index (κ2) is 8.90. The van der Waals surface area contributed by atoms with E-state index in [2.05, 4.69) is 34.6 Å². The minimum Gasteiger partial charge on any atom is -0.444 e. The van der Waals surface area contributed by atoms with Crippen LogP contribution in [0.1, 0.15) is 57.0 Å². The standard InChI is InChI=1S/C21H28N4O3S/c1-5-16(14-9-7-6-8-10-14)18-23-24-19(29-18)22-17(26)15-11-12-25(13-15)20(27)28-21(2,3)4/h6-10,15-16H,5,11-13H2,1-4H3,(H,22,24,26). The largest absolute Gasteiger partial charge is 0.444 e. The Morgan fingerprint density at radius 2 is 2.00 bits per heavy atom. The van der Waals surface area contributed by atoms with Gasteiger partial charge in [-0.05, 0) is 39.2 Å². The molecule has 0 saturated carbocycles. The van der Waals surface area contributed by atoms with Gasteiger partial charge in [0.25, 0.3) is 0 Å². The van der Waals surface area contributed by atoms with Gasteiger partial charge in [-0.2, -0.15) is 0 Å². The number of nitrogens with one attached hydrogen (secondary N) is 1. The first-order chi connectivity index (χ1) is 13.8. The van der Waals surface area contributed by atoms with Gasteiger partial charge in [-0.25, -0.2) is 4.79 Å². The van der Waals surface area contributed by atoms with Gasteiger partial charge in [0.2, 0.25) is 11.0 Å². The molecule has 156 valence electrons. The summed E-state index contributed by atoms with van der Waals surface area (Å²) in [6, 6.07) is 10.2. The summed E-state index contributed by atoms with van der Waals surface area (Å²) < 4.78 is 5.39. The van der Waals surface area contributed by atoms with Crippen molar-refractivity contribution in [2.45, 2.75) is 52.1 Å². The fourth-order valence-corrected chi connectivity index (χ4v) is 4.30. The number of benzene rings is 1. The van der Waals surface area contributed by atoms with Crippen molar-refractivity contribution in [3.63, 3.8) is 0 Å². The maximum atomic E-state index is 12.6. The molecule has 2 unspecified atom stereocenters. The first-order valence-electron chi connectivity index (χ1n) is 9.94. The Hall–Kier alpha value is -2.48. The lowest BCUT2D eigenvalue weighted by molar-refractivity contribution is -0.119. The van der Waals surface area contributed by atoms with E-state index in [9.17, 15) is 9.59 Å². The van der Waals surface area contributed by atoms with Crippen molar-refractivity contribution in [1.82, 2.24) is 15.1 Å². The number of rotatable bonds is 5. The summed E-state index contributed by atoms with van der Waals surface area (Å²) in [6.45, 7) is 8.47. The Balaban J connectivity index is 1.59. The van der Waals surface area contributed by atoms with Gasteiger partial charge in [0.1, 0.15) is 10.6 Å². The minimum absolute atomic E-state index is 0.133. The molecule has 1 fully saturated rings. The number of likely N-dealkylation sites (tertiary alicyclic amines) is 1. The van der Waals surface area contributed by atoms with E-state index in [1.54, 1.807) is 4.90 Å². The fraction of sp³-hybridized carbons (Fsp3) is 0.524. The first-order valence-corrected chi connectivity index (χ1v) is 10.8. The molecule has 1 aromatic heterocycles. The van der Waals surface area contributed by atoms with Crippen LogP contribution in [0.4, 0.5) is 9.93 Å². The number of amides is 2. The fourth-order valence-electron chi connectivity index (χ4n) is 3.34. The molecule has 2 heterocycles. The van der Waals surface area contributed by atoms with Crippen LogP contribution in [0.15, 0.2) is 30.3 Å². The first kappa shape index (κ1) is 21.2. The van der Waals surface area contributed by atoms with Crippen LogP contribution < -0.4 is 5.32 Å². The smallest absolute Gasteiger partial charge is 0.410 e. The summed E-state index contributed by atoms with van der Waals surface area (Å²) in [7, 11) is 0. The normalized spacial score (nSPS) is 17.8. The molecule has 1 aliphatic heterocycles. The van der Waals surface area contributed by atoms with Gasteiger partial charge in [-0.15, -0.1) is 10.2 Å². The van der Waals surface area contributed by atoms with Crippen molar-refractivity contribution in [1.29, 1.82) is 0 Å². The molecule has 0 spiro atoms. The molecule has 0 aliphatic carbocycles. The molecule has 2 aromatic rings. The van der Waals surface area contributed by atoms with Crippen LogP contribution in [0.25, 0.3) is 0 Å². The van der Waals surface area contributed by atoms with E-state index in [-0.39, 0.29) is 23.8 Å². The molecule has 7 nitrogen and oxygen atoms in total. The van der Waals surface area contributed by atoms with Crippen LogP contribution in [0.2, 0.25) is 0 Å². The summed E-state index contributed by atoms with van der Waals surface area (Å²) in [5.41, 5.74) is 0.641. The molecule has 3 rings (SSSR count). The lowest BCUT2D eigenvalue weighted by Crippen LogP contribution is -2.36. The molecule has 29 heavy (non-hydrogen) atoms. The highest BCUT2D eigenvalue weighted by Crippen LogP contribution is 2.32. The van der Waals surface area contributed by atoms with E-state index in [1.807, 2.05) is 39.0 Å². The number of anilines is 1. The van der Waals surface area contributed by atoms with Gasteiger partial charge >= 0.3 is 6.09 Å². The summed E-state index contributed by atoms with van der Waals surface area (Å²) in [5.74, 6) is -0.244. The second-order valence-corrected chi connectivity index (χ2v) is 9.23. The maximum absolute atomic E-state index is 12.6. The van der Waals surface area contributed by atoms with Crippen molar-refractivity contribution < 1.29 is 14.3 Å².